The van der Waals surface area contributed by atoms with Crippen LogP contribution in [-0.4, -0.2) is 34.1 Å². The van der Waals surface area contributed by atoms with Crippen molar-refractivity contribution in [3.05, 3.63) is 29.8 Å². The van der Waals surface area contributed by atoms with E-state index in [1.54, 1.807) is 0 Å². The molecule has 21 heavy (non-hydrogen) atoms. The van der Waals surface area contributed by atoms with Gasteiger partial charge in [0.25, 0.3) is 0 Å². The molecule has 1 N–H and O–H groups in total. The molecule has 4 heteroatoms. The van der Waals surface area contributed by atoms with E-state index in [1.807, 2.05) is 0 Å². The van der Waals surface area contributed by atoms with Gasteiger partial charge in [0.15, 0.2) is 0 Å². The first-order valence-corrected chi connectivity index (χ1v) is 10.8. The van der Waals surface area contributed by atoms with Crippen LogP contribution in [0.3, 0.4) is 0 Å². The summed E-state index contributed by atoms with van der Waals surface area (Å²) in [6.45, 7) is 14.0. The molecular formula is C17H29NO2Si. The zero-order valence-electron chi connectivity index (χ0n) is 14.0. The molecule has 1 aliphatic rings. The third-order valence-electron chi connectivity index (χ3n) is 4.58. The summed E-state index contributed by atoms with van der Waals surface area (Å²) in [6, 6.07) is 9.02. The highest BCUT2D eigenvalue weighted by molar-refractivity contribution is 6.74. The molecule has 1 saturated heterocycles. The lowest BCUT2D eigenvalue weighted by molar-refractivity contribution is 0.0770. The number of hydrogen-bond acceptors (Lipinski definition) is 3. The number of rotatable bonds is 4. The lowest BCUT2D eigenvalue weighted by Crippen LogP contribution is -2.43. The average Bonchev–Trinajstić information content (AvgIpc) is 2.41. The van der Waals surface area contributed by atoms with Crippen molar-refractivity contribution in [1.82, 2.24) is 5.32 Å². The maximum Gasteiger partial charge on any atom is 0.250 e. The quantitative estimate of drug-likeness (QED) is 0.862. The standard InChI is InChI=1S/C17H29NO2Si/c1-17(2,3)21(4,5)20-16-8-6-14(7-9-16)12-15-13-19-11-10-18-15/h6-9,15,18H,10-13H2,1-5H3/t15-/m1/s1. The van der Waals surface area contributed by atoms with Gasteiger partial charge in [-0.15, -0.1) is 0 Å². The fourth-order valence-corrected chi connectivity index (χ4v) is 3.21. The van der Waals surface area contributed by atoms with Gasteiger partial charge in [0.1, 0.15) is 5.75 Å². The predicted molar refractivity (Wildman–Crippen MR) is 90.6 cm³/mol. The van der Waals surface area contributed by atoms with Crippen LogP contribution in [0.2, 0.25) is 18.1 Å². The summed E-state index contributed by atoms with van der Waals surface area (Å²) >= 11 is 0. The molecule has 0 aliphatic carbocycles. The zero-order chi connectivity index (χ0) is 15.5. The van der Waals surface area contributed by atoms with E-state index >= 15 is 0 Å². The van der Waals surface area contributed by atoms with Crippen LogP contribution in [0.4, 0.5) is 0 Å². The van der Waals surface area contributed by atoms with E-state index in [-0.39, 0.29) is 5.04 Å². The highest BCUT2D eigenvalue weighted by Gasteiger charge is 2.38. The molecule has 118 valence electrons. The van der Waals surface area contributed by atoms with Gasteiger partial charge in [-0.1, -0.05) is 32.9 Å². The Morgan fingerprint density at radius 2 is 1.90 bits per heavy atom. The van der Waals surface area contributed by atoms with E-state index < -0.39 is 8.32 Å². The number of morpholine rings is 1. The van der Waals surface area contributed by atoms with Crippen LogP contribution in [0.5, 0.6) is 5.75 Å². The van der Waals surface area contributed by atoms with Gasteiger partial charge in [0, 0.05) is 12.6 Å². The van der Waals surface area contributed by atoms with E-state index in [9.17, 15) is 0 Å². The van der Waals surface area contributed by atoms with Crippen LogP contribution in [0.15, 0.2) is 24.3 Å². The van der Waals surface area contributed by atoms with Crippen molar-refractivity contribution in [2.24, 2.45) is 0 Å². The van der Waals surface area contributed by atoms with Gasteiger partial charge >= 0.3 is 0 Å². The summed E-state index contributed by atoms with van der Waals surface area (Å²) in [5.74, 6) is 0.998. The molecule has 0 radical (unpaired) electrons. The Hall–Kier alpha value is -0.843. The molecule has 1 aromatic carbocycles. The molecule has 2 rings (SSSR count). The minimum absolute atomic E-state index is 0.231. The maximum absolute atomic E-state index is 6.31. The van der Waals surface area contributed by atoms with Gasteiger partial charge in [-0.2, -0.15) is 0 Å². The second kappa shape index (κ2) is 6.51. The molecule has 0 saturated carbocycles. The highest BCUT2D eigenvalue weighted by Crippen LogP contribution is 2.37. The van der Waals surface area contributed by atoms with Crippen LogP contribution in [-0.2, 0) is 11.2 Å². The van der Waals surface area contributed by atoms with Crippen LogP contribution >= 0.6 is 0 Å². The van der Waals surface area contributed by atoms with Crippen LogP contribution in [0, 0.1) is 0 Å². The monoisotopic (exact) mass is 307 g/mol. The molecule has 0 unspecified atom stereocenters. The molecule has 1 fully saturated rings. The van der Waals surface area contributed by atoms with E-state index in [0.29, 0.717) is 6.04 Å². The Bertz CT molecular complexity index is 445. The Morgan fingerprint density at radius 1 is 1.24 bits per heavy atom. The first kappa shape index (κ1) is 16.5. The summed E-state index contributed by atoms with van der Waals surface area (Å²) < 4.78 is 11.8. The van der Waals surface area contributed by atoms with Crippen LogP contribution < -0.4 is 9.74 Å². The number of nitrogens with one attached hydrogen (secondary N) is 1. The van der Waals surface area contributed by atoms with Crippen molar-refractivity contribution >= 4 is 8.32 Å². The predicted octanol–water partition coefficient (Wildman–Crippen LogP) is 3.60. The molecule has 0 amide bonds. The lowest BCUT2D eigenvalue weighted by atomic mass is 10.1. The number of benzene rings is 1. The summed E-state index contributed by atoms with van der Waals surface area (Å²) in [7, 11) is -1.74. The minimum atomic E-state index is -1.74. The SMILES string of the molecule is CC(C)(C)[Si](C)(C)Oc1ccc(C[C@@H]2COCCN2)cc1. The second-order valence-corrected chi connectivity index (χ2v) is 12.2. The molecule has 0 aromatic heterocycles. The van der Waals surface area contributed by atoms with Crippen molar-refractivity contribution < 1.29 is 9.16 Å². The summed E-state index contributed by atoms with van der Waals surface area (Å²) in [6.07, 6.45) is 1.01. The summed E-state index contributed by atoms with van der Waals surface area (Å²) in [4.78, 5) is 0. The van der Waals surface area contributed by atoms with Crippen LogP contribution in [0.25, 0.3) is 0 Å². The summed E-state index contributed by atoms with van der Waals surface area (Å²) in [5, 5.41) is 3.72. The molecule has 1 aliphatic heterocycles. The fraction of sp³-hybridized carbons (Fsp3) is 0.647. The Labute approximate surface area is 130 Å². The van der Waals surface area contributed by atoms with Crippen molar-refractivity contribution in [3.63, 3.8) is 0 Å². The van der Waals surface area contributed by atoms with Gasteiger partial charge in [-0.05, 0) is 42.2 Å². The zero-order valence-corrected chi connectivity index (χ0v) is 15.0. The molecular weight excluding hydrogens is 278 g/mol. The third-order valence-corrected chi connectivity index (χ3v) is 8.94. The van der Waals surface area contributed by atoms with Gasteiger partial charge < -0.3 is 14.5 Å². The van der Waals surface area contributed by atoms with Crippen molar-refractivity contribution in [2.45, 2.75) is 51.4 Å². The number of ether oxygens (including phenoxy) is 1. The van der Waals surface area contributed by atoms with E-state index in [4.69, 9.17) is 9.16 Å². The molecule has 0 spiro atoms. The Morgan fingerprint density at radius 3 is 2.43 bits per heavy atom. The smallest absolute Gasteiger partial charge is 0.250 e. The average molecular weight is 308 g/mol. The maximum atomic E-state index is 6.31. The Kier molecular flexibility index (Phi) is 5.12. The minimum Gasteiger partial charge on any atom is -0.544 e. The first-order chi connectivity index (χ1) is 9.78. The molecule has 1 atom stereocenters. The van der Waals surface area contributed by atoms with E-state index in [2.05, 4.69) is 63.4 Å². The van der Waals surface area contributed by atoms with Crippen molar-refractivity contribution in [2.75, 3.05) is 19.8 Å². The van der Waals surface area contributed by atoms with E-state index in [0.717, 1.165) is 31.9 Å². The normalized spacial score (nSPS) is 20.3. The van der Waals surface area contributed by atoms with Crippen molar-refractivity contribution in [3.8, 4) is 5.75 Å². The van der Waals surface area contributed by atoms with Gasteiger partial charge in [-0.25, -0.2) is 0 Å². The van der Waals surface area contributed by atoms with Gasteiger partial charge in [0.05, 0.1) is 13.2 Å². The Balaban J connectivity index is 1.95. The lowest BCUT2D eigenvalue weighted by Gasteiger charge is -2.36. The highest BCUT2D eigenvalue weighted by atomic mass is 28.4. The first-order valence-electron chi connectivity index (χ1n) is 7.87. The molecule has 0 bridgehead atoms. The molecule has 1 heterocycles. The van der Waals surface area contributed by atoms with Crippen molar-refractivity contribution in [1.29, 1.82) is 0 Å². The second-order valence-electron chi connectivity index (χ2n) is 7.44. The fourth-order valence-electron chi connectivity index (χ4n) is 2.18. The van der Waals surface area contributed by atoms with Crippen LogP contribution in [0.1, 0.15) is 26.3 Å². The largest absolute Gasteiger partial charge is 0.544 e. The van der Waals surface area contributed by atoms with E-state index in [1.165, 1.54) is 5.56 Å². The topological polar surface area (TPSA) is 30.5 Å². The van der Waals surface area contributed by atoms with Gasteiger partial charge in [-0.3, -0.25) is 0 Å². The number of hydrogen-bond donors (Lipinski definition) is 1. The molecule has 3 nitrogen and oxygen atoms in total. The summed E-state index contributed by atoms with van der Waals surface area (Å²) in [5.41, 5.74) is 1.33. The van der Waals surface area contributed by atoms with Gasteiger partial charge in [0.2, 0.25) is 8.32 Å². The third kappa shape index (κ3) is 4.56. The molecule has 1 aromatic rings.